The Morgan fingerprint density at radius 1 is 1.12 bits per heavy atom. The number of benzene rings is 2. The first kappa shape index (κ1) is 23.7. The molecule has 0 saturated carbocycles. The molecule has 2 aromatic rings. The van der Waals surface area contributed by atoms with E-state index in [1.807, 2.05) is 0 Å². The standard InChI is InChI=1S/C22H25FN2O6S/c1-15-14-24(32(29,30)19-6-4-5-16(13-19)20(26)27)11-12-25(15)21(28)22(2,3)31-18-9-7-17(23)8-10-18/h4-10,13,15H,11-12,14H2,1-3H3,(H,26,27). The Kier molecular flexibility index (Phi) is 6.56. The second kappa shape index (κ2) is 8.87. The van der Waals surface area contributed by atoms with Gasteiger partial charge in [-0.3, -0.25) is 4.79 Å². The summed E-state index contributed by atoms with van der Waals surface area (Å²) < 4.78 is 46.2. The molecule has 10 heteroatoms. The molecule has 1 saturated heterocycles. The SMILES string of the molecule is CC1CN(S(=O)(=O)c2cccc(C(=O)O)c2)CCN1C(=O)C(C)(C)Oc1ccc(F)cc1. The van der Waals surface area contributed by atoms with Crippen molar-refractivity contribution >= 4 is 21.9 Å². The normalized spacial score (nSPS) is 17.8. The van der Waals surface area contributed by atoms with Crippen LogP contribution in [-0.4, -0.2) is 65.9 Å². The minimum absolute atomic E-state index is 0.0536. The van der Waals surface area contributed by atoms with E-state index in [0.717, 1.165) is 6.07 Å². The van der Waals surface area contributed by atoms with E-state index in [-0.39, 0.29) is 36.0 Å². The van der Waals surface area contributed by atoms with Crippen molar-refractivity contribution in [3.05, 3.63) is 59.9 Å². The van der Waals surface area contributed by atoms with Crippen LogP contribution in [-0.2, 0) is 14.8 Å². The van der Waals surface area contributed by atoms with Gasteiger partial charge in [0.05, 0.1) is 10.5 Å². The molecule has 8 nitrogen and oxygen atoms in total. The maximum Gasteiger partial charge on any atom is 0.335 e. The highest BCUT2D eigenvalue weighted by atomic mass is 32.2. The number of carbonyl (C=O) groups excluding carboxylic acids is 1. The Morgan fingerprint density at radius 2 is 1.78 bits per heavy atom. The summed E-state index contributed by atoms with van der Waals surface area (Å²) in [5.41, 5.74) is -1.37. The number of sulfonamides is 1. The van der Waals surface area contributed by atoms with Crippen molar-refractivity contribution in [1.29, 1.82) is 0 Å². The van der Waals surface area contributed by atoms with Gasteiger partial charge in [-0.15, -0.1) is 0 Å². The molecule has 32 heavy (non-hydrogen) atoms. The third-order valence-corrected chi connectivity index (χ3v) is 7.13. The molecule has 0 spiro atoms. The number of carbonyl (C=O) groups is 2. The number of hydrogen-bond acceptors (Lipinski definition) is 5. The van der Waals surface area contributed by atoms with Gasteiger partial charge in [-0.05, 0) is 63.2 Å². The molecule has 1 fully saturated rings. The van der Waals surface area contributed by atoms with Crippen molar-refractivity contribution in [1.82, 2.24) is 9.21 Å². The Hall–Kier alpha value is -2.98. The van der Waals surface area contributed by atoms with Crippen molar-refractivity contribution in [2.75, 3.05) is 19.6 Å². The number of piperazine rings is 1. The van der Waals surface area contributed by atoms with E-state index < -0.39 is 33.5 Å². The second-order valence-corrected chi connectivity index (χ2v) is 10.0. The minimum atomic E-state index is -3.92. The Balaban J connectivity index is 1.72. The van der Waals surface area contributed by atoms with E-state index in [1.54, 1.807) is 25.7 Å². The average molecular weight is 465 g/mol. The molecule has 0 aromatic heterocycles. The van der Waals surface area contributed by atoms with E-state index in [9.17, 15) is 22.4 Å². The summed E-state index contributed by atoms with van der Waals surface area (Å²) in [6.07, 6.45) is 0. The van der Waals surface area contributed by atoms with Crippen LogP contribution in [0.4, 0.5) is 4.39 Å². The number of amides is 1. The highest BCUT2D eigenvalue weighted by Crippen LogP contribution is 2.25. The van der Waals surface area contributed by atoms with Gasteiger partial charge in [0.1, 0.15) is 11.6 Å². The molecule has 1 N–H and O–H groups in total. The van der Waals surface area contributed by atoms with Crippen LogP contribution in [0, 0.1) is 5.82 Å². The number of carboxylic acid groups (broad SMARTS) is 1. The molecule has 0 radical (unpaired) electrons. The summed E-state index contributed by atoms with van der Waals surface area (Å²) in [4.78, 5) is 25.8. The van der Waals surface area contributed by atoms with Gasteiger partial charge in [0.2, 0.25) is 10.0 Å². The summed E-state index contributed by atoms with van der Waals surface area (Å²) in [5, 5.41) is 9.14. The van der Waals surface area contributed by atoms with Gasteiger partial charge in [-0.1, -0.05) is 6.07 Å². The van der Waals surface area contributed by atoms with Crippen molar-refractivity contribution in [2.45, 2.75) is 37.3 Å². The number of halogens is 1. The van der Waals surface area contributed by atoms with Crippen molar-refractivity contribution < 1.29 is 32.2 Å². The van der Waals surface area contributed by atoms with Gasteiger partial charge < -0.3 is 14.7 Å². The van der Waals surface area contributed by atoms with Gasteiger partial charge >= 0.3 is 5.97 Å². The fourth-order valence-electron chi connectivity index (χ4n) is 3.57. The summed E-state index contributed by atoms with van der Waals surface area (Å²) in [7, 11) is -3.92. The number of ether oxygens (including phenoxy) is 1. The first-order valence-corrected chi connectivity index (χ1v) is 11.4. The maximum atomic E-state index is 13.1. The molecular formula is C22H25FN2O6S. The van der Waals surface area contributed by atoms with Crippen LogP contribution in [0.3, 0.4) is 0 Å². The fourth-order valence-corrected chi connectivity index (χ4v) is 5.13. The molecule has 1 amide bonds. The molecule has 1 unspecified atom stereocenters. The van der Waals surface area contributed by atoms with Crippen LogP contribution >= 0.6 is 0 Å². The lowest BCUT2D eigenvalue weighted by molar-refractivity contribution is -0.149. The summed E-state index contributed by atoms with van der Waals surface area (Å²) in [6.45, 7) is 5.20. The Morgan fingerprint density at radius 3 is 2.38 bits per heavy atom. The van der Waals surface area contributed by atoms with Crippen LogP contribution in [0.1, 0.15) is 31.1 Å². The fraction of sp³-hybridized carbons (Fsp3) is 0.364. The zero-order valence-corrected chi connectivity index (χ0v) is 18.8. The van der Waals surface area contributed by atoms with E-state index in [2.05, 4.69) is 0 Å². The van der Waals surface area contributed by atoms with E-state index in [1.165, 1.54) is 46.8 Å². The minimum Gasteiger partial charge on any atom is -0.478 e. The number of carboxylic acids is 1. The molecule has 0 bridgehead atoms. The van der Waals surface area contributed by atoms with Gasteiger partial charge in [0, 0.05) is 25.7 Å². The topological polar surface area (TPSA) is 104 Å². The number of rotatable bonds is 6. The van der Waals surface area contributed by atoms with Gasteiger partial charge in [-0.2, -0.15) is 4.31 Å². The summed E-state index contributed by atoms with van der Waals surface area (Å²) >= 11 is 0. The van der Waals surface area contributed by atoms with E-state index in [0.29, 0.717) is 5.75 Å². The first-order chi connectivity index (χ1) is 14.9. The molecule has 2 aromatic carbocycles. The highest BCUT2D eigenvalue weighted by Gasteiger charge is 2.40. The molecule has 172 valence electrons. The van der Waals surface area contributed by atoms with Crippen LogP contribution in [0.5, 0.6) is 5.75 Å². The van der Waals surface area contributed by atoms with Crippen LogP contribution < -0.4 is 4.74 Å². The van der Waals surface area contributed by atoms with Crippen molar-refractivity contribution in [3.63, 3.8) is 0 Å². The lowest BCUT2D eigenvalue weighted by atomic mass is 10.0. The lowest BCUT2D eigenvalue weighted by Crippen LogP contribution is -2.60. The molecule has 1 aliphatic rings. The Labute approximate surface area is 186 Å². The molecule has 1 atom stereocenters. The maximum absolute atomic E-state index is 13.1. The van der Waals surface area contributed by atoms with Gasteiger partial charge in [0.15, 0.2) is 5.60 Å². The van der Waals surface area contributed by atoms with Crippen LogP contribution in [0.15, 0.2) is 53.4 Å². The summed E-state index contributed by atoms with van der Waals surface area (Å²) in [5.74, 6) is -1.60. The number of hydrogen-bond donors (Lipinski definition) is 1. The average Bonchev–Trinajstić information content (AvgIpc) is 2.74. The quantitative estimate of drug-likeness (QED) is 0.705. The molecule has 1 heterocycles. The molecule has 0 aliphatic carbocycles. The number of nitrogens with zero attached hydrogens (tertiary/aromatic N) is 2. The van der Waals surface area contributed by atoms with Gasteiger partial charge in [-0.25, -0.2) is 17.6 Å². The lowest BCUT2D eigenvalue weighted by Gasteiger charge is -2.42. The van der Waals surface area contributed by atoms with Crippen LogP contribution in [0.2, 0.25) is 0 Å². The first-order valence-electron chi connectivity index (χ1n) is 10.0. The second-order valence-electron chi connectivity index (χ2n) is 8.11. The van der Waals surface area contributed by atoms with Gasteiger partial charge in [0.25, 0.3) is 5.91 Å². The number of aromatic carboxylic acids is 1. The molecule has 3 rings (SSSR count). The van der Waals surface area contributed by atoms with E-state index in [4.69, 9.17) is 9.84 Å². The predicted molar refractivity (Wildman–Crippen MR) is 114 cm³/mol. The third kappa shape index (κ3) is 4.91. The smallest absolute Gasteiger partial charge is 0.335 e. The van der Waals surface area contributed by atoms with Crippen LogP contribution in [0.25, 0.3) is 0 Å². The zero-order chi connectivity index (χ0) is 23.7. The Bertz CT molecular complexity index is 1120. The summed E-state index contributed by atoms with van der Waals surface area (Å²) in [6, 6.07) is 10.1. The van der Waals surface area contributed by atoms with Crippen molar-refractivity contribution in [2.24, 2.45) is 0 Å². The predicted octanol–water partition coefficient (Wildman–Crippen LogP) is 2.60. The van der Waals surface area contributed by atoms with Crippen molar-refractivity contribution in [3.8, 4) is 5.75 Å². The third-order valence-electron chi connectivity index (χ3n) is 5.27. The van der Waals surface area contributed by atoms with E-state index >= 15 is 0 Å². The zero-order valence-electron chi connectivity index (χ0n) is 18.0. The molecule has 1 aliphatic heterocycles. The monoisotopic (exact) mass is 464 g/mol. The largest absolute Gasteiger partial charge is 0.478 e. The highest BCUT2D eigenvalue weighted by molar-refractivity contribution is 7.89. The molecular weight excluding hydrogens is 439 g/mol.